The van der Waals surface area contributed by atoms with Crippen LogP contribution in [0.25, 0.3) is 0 Å². The predicted molar refractivity (Wildman–Crippen MR) is 147 cm³/mol. The molecule has 3 aromatic rings. The molecule has 0 aromatic heterocycles. The Hall–Kier alpha value is -2.95. The van der Waals surface area contributed by atoms with Crippen molar-refractivity contribution in [3.63, 3.8) is 0 Å². The highest BCUT2D eigenvalue weighted by atomic mass is 79.9. The molecule has 0 bridgehead atoms. The standard InChI is InChI=1S/C25H26BrN3O4S2/c1-15(2)33-22-13-8-18(26)14-21(22)24(30)28-25(34)27-19-9-11-20(12-10-19)35(31,32)29-23-16(3)6-5-7-17(23)4/h5-15,29H,1-4H3,(H2,27,28,30,34). The zero-order valence-corrected chi connectivity index (χ0v) is 22.9. The summed E-state index contributed by atoms with van der Waals surface area (Å²) in [6.45, 7) is 7.44. The number of para-hydroxylation sites is 1. The lowest BCUT2D eigenvalue weighted by molar-refractivity contribution is 0.0972. The number of hydrogen-bond donors (Lipinski definition) is 3. The highest BCUT2D eigenvalue weighted by Crippen LogP contribution is 2.25. The average Bonchev–Trinajstić information content (AvgIpc) is 2.77. The Bertz CT molecular complexity index is 1340. The SMILES string of the molecule is Cc1cccc(C)c1NS(=O)(=O)c1ccc(NC(=S)NC(=O)c2cc(Br)ccc2OC(C)C)cc1. The van der Waals surface area contributed by atoms with Crippen molar-refractivity contribution in [2.45, 2.75) is 38.7 Å². The molecule has 0 radical (unpaired) electrons. The third kappa shape index (κ3) is 7.03. The molecule has 3 aromatic carbocycles. The lowest BCUT2D eigenvalue weighted by Crippen LogP contribution is -2.34. The van der Waals surface area contributed by atoms with E-state index in [9.17, 15) is 13.2 Å². The molecule has 0 unspecified atom stereocenters. The van der Waals surface area contributed by atoms with Crippen molar-refractivity contribution in [3.8, 4) is 5.75 Å². The number of halogens is 1. The van der Waals surface area contributed by atoms with E-state index in [-0.39, 0.29) is 16.1 Å². The molecule has 0 fully saturated rings. The lowest BCUT2D eigenvalue weighted by atomic mass is 10.1. The summed E-state index contributed by atoms with van der Waals surface area (Å²) in [4.78, 5) is 12.9. The molecule has 1 amide bonds. The van der Waals surface area contributed by atoms with Crippen LogP contribution < -0.4 is 20.1 Å². The molecule has 35 heavy (non-hydrogen) atoms. The fraction of sp³-hybridized carbons (Fsp3) is 0.200. The van der Waals surface area contributed by atoms with Gasteiger partial charge in [0, 0.05) is 10.2 Å². The number of ether oxygens (including phenoxy) is 1. The van der Waals surface area contributed by atoms with Crippen LogP contribution in [0.1, 0.15) is 35.3 Å². The van der Waals surface area contributed by atoms with Crippen LogP contribution in [-0.2, 0) is 10.0 Å². The smallest absolute Gasteiger partial charge is 0.261 e. The van der Waals surface area contributed by atoms with Gasteiger partial charge in [-0.05, 0) is 93.5 Å². The highest BCUT2D eigenvalue weighted by molar-refractivity contribution is 9.10. The molecule has 0 saturated heterocycles. The molecule has 184 valence electrons. The molecule has 0 aliphatic rings. The van der Waals surface area contributed by atoms with Gasteiger partial charge in [-0.2, -0.15) is 0 Å². The minimum Gasteiger partial charge on any atom is -0.490 e. The lowest BCUT2D eigenvalue weighted by Gasteiger charge is -2.16. The Morgan fingerprint density at radius 2 is 1.63 bits per heavy atom. The summed E-state index contributed by atoms with van der Waals surface area (Å²) >= 11 is 8.64. The van der Waals surface area contributed by atoms with E-state index in [0.29, 0.717) is 22.7 Å². The number of anilines is 2. The number of rotatable bonds is 7. The second-order valence-corrected chi connectivity index (χ2v) is 11.1. The number of aryl methyl sites for hydroxylation is 2. The second kappa shape index (κ2) is 11.2. The highest BCUT2D eigenvalue weighted by Gasteiger charge is 2.18. The van der Waals surface area contributed by atoms with Crippen LogP contribution in [0.5, 0.6) is 5.75 Å². The topological polar surface area (TPSA) is 96.5 Å². The molecule has 0 aliphatic carbocycles. The summed E-state index contributed by atoms with van der Waals surface area (Å²) < 4.78 is 34.8. The maximum absolute atomic E-state index is 12.8. The molecule has 3 N–H and O–H groups in total. The van der Waals surface area contributed by atoms with E-state index in [1.54, 1.807) is 30.3 Å². The van der Waals surface area contributed by atoms with Crippen molar-refractivity contribution in [2.75, 3.05) is 10.0 Å². The zero-order valence-electron chi connectivity index (χ0n) is 19.7. The summed E-state index contributed by atoms with van der Waals surface area (Å²) in [7, 11) is -3.78. The van der Waals surface area contributed by atoms with Crippen molar-refractivity contribution in [2.24, 2.45) is 0 Å². The van der Waals surface area contributed by atoms with Crippen molar-refractivity contribution >= 4 is 60.6 Å². The first kappa shape index (κ1) is 26.7. The van der Waals surface area contributed by atoms with Crippen LogP contribution >= 0.6 is 28.1 Å². The summed E-state index contributed by atoms with van der Waals surface area (Å²) in [6.07, 6.45) is -0.105. The minimum absolute atomic E-state index is 0.0646. The van der Waals surface area contributed by atoms with Crippen LogP contribution in [0.4, 0.5) is 11.4 Å². The van der Waals surface area contributed by atoms with Crippen molar-refractivity contribution in [3.05, 3.63) is 81.8 Å². The molecule has 0 saturated carbocycles. The molecule has 10 heteroatoms. The number of carbonyl (C=O) groups is 1. The van der Waals surface area contributed by atoms with Crippen LogP contribution in [0.15, 0.2) is 70.0 Å². The Balaban J connectivity index is 1.68. The molecule has 3 rings (SSSR count). The first-order valence-electron chi connectivity index (χ1n) is 10.7. The van der Waals surface area contributed by atoms with Crippen molar-refractivity contribution in [1.82, 2.24) is 5.32 Å². The maximum Gasteiger partial charge on any atom is 0.261 e. The van der Waals surface area contributed by atoms with E-state index in [2.05, 4.69) is 31.3 Å². The quantitative estimate of drug-likeness (QED) is 0.309. The molecule has 0 heterocycles. The molecule has 0 aliphatic heterocycles. The summed E-state index contributed by atoms with van der Waals surface area (Å²) in [6, 6.07) is 16.8. The third-order valence-corrected chi connectivity index (χ3v) is 6.98. The van der Waals surface area contributed by atoms with Gasteiger partial charge in [-0.25, -0.2) is 8.42 Å². The van der Waals surface area contributed by atoms with E-state index in [1.807, 2.05) is 45.9 Å². The van der Waals surface area contributed by atoms with Crippen molar-refractivity contribution in [1.29, 1.82) is 0 Å². The number of hydrogen-bond acceptors (Lipinski definition) is 5. The molecular weight excluding hydrogens is 550 g/mol. The van der Waals surface area contributed by atoms with E-state index < -0.39 is 15.9 Å². The van der Waals surface area contributed by atoms with E-state index in [1.165, 1.54) is 12.1 Å². The van der Waals surface area contributed by atoms with Crippen molar-refractivity contribution < 1.29 is 17.9 Å². The predicted octanol–water partition coefficient (Wildman–Crippen LogP) is 5.78. The van der Waals surface area contributed by atoms with Gasteiger partial charge < -0.3 is 10.1 Å². The summed E-state index contributed by atoms with van der Waals surface area (Å²) in [5, 5.41) is 5.59. The van der Waals surface area contributed by atoms with Gasteiger partial charge in [0.1, 0.15) is 5.75 Å². The number of benzene rings is 3. The van der Waals surface area contributed by atoms with Gasteiger partial charge in [-0.1, -0.05) is 34.1 Å². The largest absolute Gasteiger partial charge is 0.490 e. The van der Waals surface area contributed by atoms with Crippen LogP contribution in [0.3, 0.4) is 0 Å². The minimum atomic E-state index is -3.78. The molecule has 0 spiro atoms. The first-order valence-corrected chi connectivity index (χ1v) is 13.4. The molecular formula is C25H26BrN3O4S2. The number of amides is 1. The molecule has 7 nitrogen and oxygen atoms in total. The van der Waals surface area contributed by atoms with Gasteiger partial charge in [0.05, 0.1) is 22.3 Å². The monoisotopic (exact) mass is 575 g/mol. The Kier molecular flexibility index (Phi) is 8.52. The average molecular weight is 577 g/mol. The maximum atomic E-state index is 12.8. The zero-order chi connectivity index (χ0) is 25.8. The fourth-order valence-electron chi connectivity index (χ4n) is 3.26. The van der Waals surface area contributed by atoms with Gasteiger partial charge in [0.25, 0.3) is 15.9 Å². The number of carbonyl (C=O) groups excluding carboxylic acids is 1. The van der Waals surface area contributed by atoms with Crippen LogP contribution in [0.2, 0.25) is 0 Å². The number of thiocarbonyl (C=S) groups is 1. The number of nitrogens with one attached hydrogen (secondary N) is 3. The van der Waals surface area contributed by atoms with E-state index in [4.69, 9.17) is 17.0 Å². The van der Waals surface area contributed by atoms with Gasteiger partial charge in [-0.3, -0.25) is 14.8 Å². The second-order valence-electron chi connectivity index (χ2n) is 8.11. The van der Waals surface area contributed by atoms with Gasteiger partial charge in [0.2, 0.25) is 0 Å². The summed E-state index contributed by atoms with van der Waals surface area (Å²) in [5.74, 6) is 0.00546. The normalized spacial score (nSPS) is 11.1. The third-order valence-electron chi connectivity index (χ3n) is 4.92. The van der Waals surface area contributed by atoms with Gasteiger partial charge in [0.15, 0.2) is 5.11 Å². The number of sulfonamides is 1. The molecule has 0 atom stereocenters. The Labute approximate surface area is 219 Å². The van der Waals surface area contributed by atoms with Gasteiger partial charge in [-0.15, -0.1) is 0 Å². The Morgan fingerprint density at radius 3 is 2.23 bits per heavy atom. The Morgan fingerprint density at radius 1 is 1.00 bits per heavy atom. The fourth-order valence-corrected chi connectivity index (χ4v) is 5.03. The van der Waals surface area contributed by atoms with E-state index >= 15 is 0 Å². The first-order chi connectivity index (χ1) is 16.5. The van der Waals surface area contributed by atoms with Gasteiger partial charge >= 0.3 is 0 Å². The van der Waals surface area contributed by atoms with Crippen LogP contribution in [-0.4, -0.2) is 25.5 Å². The van der Waals surface area contributed by atoms with E-state index in [0.717, 1.165) is 15.6 Å². The van der Waals surface area contributed by atoms with Crippen LogP contribution in [0, 0.1) is 13.8 Å². The summed E-state index contributed by atoms with van der Waals surface area (Å²) in [5.41, 5.74) is 3.08.